The average molecular weight is 454 g/mol. The highest BCUT2D eigenvalue weighted by Gasteiger charge is 2.38. The van der Waals surface area contributed by atoms with E-state index in [0.717, 1.165) is 42.9 Å². The quantitative estimate of drug-likeness (QED) is 0.529. The molecule has 176 valence electrons. The number of esters is 1. The molecule has 0 saturated carbocycles. The molecule has 4 rings (SSSR count). The zero-order chi connectivity index (χ0) is 23.8. The molecule has 0 aliphatic carbocycles. The first-order valence-corrected chi connectivity index (χ1v) is 11.3. The van der Waals surface area contributed by atoms with Gasteiger partial charge in [0.15, 0.2) is 0 Å². The lowest BCUT2D eigenvalue weighted by molar-refractivity contribution is 0.0600. The maximum Gasteiger partial charge on any atom is 0.338 e. The van der Waals surface area contributed by atoms with Crippen molar-refractivity contribution in [2.75, 3.05) is 44.0 Å². The summed E-state index contributed by atoms with van der Waals surface area (Å²) in [5.74, 6) is 0.299. The van der Waals surface area contributed by atoms with Gasteiger partial charge >= 0.3 is 5.97 Å². The number of piperidine rings is 1. The molecule has 7 heteroatoms. The van der Waals surface area contributed by atoms with Gasteiger partial charge in [-0.05, 0) is 75.5 Å². The molecule has 2 N–H and O–H groups in total. The Morgan fingerprint density at radius 2 is 2.00 bits per heavy atom. The van der Waals surface area contributed by atoms with Crippen molar-refractivity contribution in [3.63, 3.8) is 0 Å². The lowest BCUT2D eigenvalue weighted by Gasteiger charge is -2.47. The Kier molecular flexibility index (Phi) is 6.34. The van der Waals surface area contributed by atoms with E-state index in [0.29, 0.717) is 36.1 Å². The van der Waals surface area contributed by atoms with E-state index in [1.54, 1.807) is 24.3 Å². The van der Waals surface area contributed by atoms with Crippen molar-refractivity contribution < 1.29 is 18.7 Å². The highest BCUT2D eigenvalue weighted by Crippen LogP contribution is 2.45. The van der Waals surface area contributed by atoms with Crippen LogP contribution < -0.4 is 15.4 Å². The molecule has 2 heterocycles. The summed E-state index contributed by atoms with van der Waals surface area (Å²) in [4.78, 5) is 16.5. The van der Waals surface area contributed by atoms with Crippen LogP contribution in [0.4, 0.5) is 15.8 Å². The summed E-state index contributed by atoms with van der Waals surface area (Å²) in [7, 11) is 1.34. The van der Waals surface area contributed by atoms with E-state index in [4.69, 9.17) is 15.2 Å². The Labute approximate surface area is 194 Å². The maximum absolute atomic E-state index is 13.6. The number of benzene rings is 2. The predicted molar refractivity (Wildman–Crippen MR) is 128 cm³/mol. The monoisotopic (exact) mass is 453 g/mol. The Morgan fingerprint density at radius 1 is 1.27 bits per heavy atom. The summed E-state index contributed by atoms with van der Waals surface area (Å²) >= 11 is 0. The average Bonchev–Trinajstić information content (AvgIpc) is 2.78. The molecule has 0 bridgehead atoms. The van der Waals surface area contributed by atoms with Crippen molar-refractivity contribution in [3.8, 4) is 5.75 Å². The Hall–Kier alpha value is -3.06. The number of nitrogens with zero attached hydrogens (tertiary/aromatic N) is 2. The zero-order valence-corrected chi connectivity index (χ0v) is 19.6. The van der Waals surface area contributed by atoms with Gasteiger partial charge in [-0.3, -0.25) is 4.90 Å². The smallest absolute Gasteiger partial charge is 0.338 e. The molecule has 0 radical (unpaired) electrons. The second-order valence-electron chi connectivity index (χ2n) is 9.51. The number of halogens is 1. The Bertz CT molecular complexity index is 1060. The van der Waals surface area contributed by atoms with Crippen molar-refractivity contribution in [1.82, 2.24) is 4.90 Å². The number of hydrogen-bond acceptors (Lipinski definition) is 6. The highest BCUT2D eigenvalue weighted by atomic mass is 19.1. The second kappa shape index (κ2) is 9.06. The third-order valence-electron chi connectivity index (χ3n) is 6.57. The van der Waals surface area contributed by atoms with Crippen LogP contribution in [0.25, 0.3) is 0 Å². The molecule has 1 fully saturated rings. The molecule has 2 aliphatic rings. The first-order valence-electron chi connectivity index (χ1n) is 11.3. The van der Waals surface area contributed by atoms with E-state index < -0.39 is 5.97 Å². The number of fused-ring (bicyclic) bond motifs is 1. The van der Waals surface area contributed by atoms with Gasteiger partial charge in [-0.1, -0.05) is 18.7 Å². The van der Waals surface area contributed by atoms with Crippen LogP contribution in [0.5, 0.6) is 5.75 Å². The van der Waals surface area contributed by atoms with E-state index in [-0.39, 0.29) is 11.4 Å². The number of anilines is 2. The molecule has 0 spiro atoms. The van der Waals surface area contributed by atoms with Gasteiger partial charge in [0, 0.05) is 12.2 Å². The predicted octanol–water partition coefficient (Wildman–Crippen LogP) is 4.57. The molecule has 0 unspecified atom stereocenters. The second-order valence-corrected chi connectivity index (χ2v) is 9.51. The standard InChI is InChI=1S/C26H32FN3O3/c1-17(15-29-10-8-18(9-11-29)19-6-5-7-21(27)12-19)30-24-22(28)13-20(25(31)32-4)14-23(24)33-16-26(30,2)3/h5-7,12-14,18H,1,8-11,15-16,28H2,2-4H3. The molecule has 2 aromatic carbocycles. The van der Waals surface area contributed by atoms with Gasteiger partial charge in [0.25, 0.3) is 0 Å². The first kappa shape index (κ1) is 23.1. The molecule has 6 nitrogen and oxygen atoms in total. The van der Waals surface area contributed by atoms with E-state index in [1.165, 1.54) is 13.2 Å². The van der Waals surface area contributed by atoms with Gasteiger partial charge in [-0.2, -0.15) is 0 Å². The molecule has 1 saturated heterocycles. The number of ether oxygens (including phenoxy) is 2. The summed E-state index contributed by atoms with van der Waals surface area (Å²) < 4.78 is 24.4. The molecule has 0 aromatic heterocycles. The fourth-order valence-corrected chi connectivity index (χ4v) is 4.94. The minimum Gasteiger partial charge on any atom is -0.489 e. The number of nitrogens with two attached hydrogens (primary N) is 1. The van der Waals surface area contributed by atoms with E-state index >= 15 is 0 Å². The number of nitrogen functional groups attached to an aromatic ring is 1. The fourth-order valence-electron chi connectivity index (χ4n) is 4.94. The Balaban J connectivity index is 1.50. The highest BCUT2D eigenvalue weighted by molar-refractivity contribution is 5.94. The molecular weight excluding hydrogens is 421 g/mol. The van der Waals surface area contributed by atoms with Crippen molar-refractivity contribution in [1.29, 1.82) is 0 Å². The van der Waals surface area contributed by atoms with Crippen molar-refractivity contribution in [2.24, 2.45) is 0 Å². The third-order valence-corrected chi connectivity index (χ3v) is 6.57. The summed E-state index contributed by atoms with van der Waals surface area (Å²) in [5.41, 5.74) is 9.58. The number of rotatable bonds is 5. The normalized spacial score (nSPS) is 18.4. The van der Waals surface area contributed by atoms with E-state index in [9.17, 15) is 9.18 Å². The largest absolute Gasteiger partial charge is 0.489 e. The van der Waals surface area contributed by atoms with Gasteiger partial charge < -0.3 is 20.1 Å². The maximum atomic E-state index is 13.6. The molecule has 0 amide bonds. The van der Waals surface area contributed by atoms with E-state index in [1.807, 2.05) is 6.07 Å². The van der Waals surface area contributed by atoms with Gasteiger partial charge in [0.2, 0.25) is 0 Å². The summed E-state index contributed by atoms with van der Waals surface area (Å²) in [5, 5.41) is 0. The first-order chi connectivity index (χ1) is 15.7. The van der Waals surface area contributed by atoms with Gasteiger partial charge in [0.05, 0.1) is 23.9 Å². The summed E-state index contributed by atoms with van der Waals surface area (Å²) in [6.07, 6.45) is 1.95. The van der Waals surface area contributed by atoms with E-state index in [2.05, 4.69) is 30.2 Å². The SMILES string of the molecule is C=C(CN1CCC(c2cccc(F)c2)CC1)N1c2c(N)cc(C(=O)OC)cc2OCC1(C)C. The topological polar surface area (TPSA) is 68.0 Å². The van der Waals surface area contributed by atoms with Crippen LogP contribution in [-0.4, -0.2) is 49.8 Å². The van der Waals surface area contributed by atoms with Gasteiger partial charge in [-0.15, -0.1) is 0 Å². The Morgan fingerprint density at radius 3 is 2.67 bits per heavy atom. The lowest BCUT2D eigenvalue weighted by atomic mass is 9.89. The van der Waals surface area contributed by atoms with Gasteiger partial charge in [0.1, 0.15) is 23.9 Å². The number of carbonyl (C=O) groups excluding carboxylic acids is 1. The number of hydrogen-bond donors (Lipinski definition) is 1. The van der Waals surface area contributed by atoms with Crippen LogP contribution in [-0.2, 0) is 4.74 Å². The van der Waals surface area contributed by atoms with Crippen LogP contribution >= 0.6 is 0 Å². The molecule has 33 heavy (non-hydrogen) atoms. The fraction of sp³-hybridized carbons (Fsp3) is 0.423. The lowest BCUT2D eigenvalue weighted by Crippen LogP contribution is -2.52. The van der Waals surface area contributed by atoms with Crippen LogP contribution in [0, 0.1) is 5.82 Å². The van der Waals surface area contributed by atoms with Crippen molar-refractivity contribution >= 4 is 17.3 Å². The van der Waals surface area contributed by atoms with Crippen LogP contribution in [0.2, 0.25) is 0 Å². The minimum absolute atomic E-state index is 0.176. The van der Waals surface area contributed by atoms with Crippen LogP contribution in [0.1, 0.15) is 48.5 Å². The number of carbonyl (C=O) groups is 1. The molecule has 2 aromatic rings. The summed E-state index contributed by atoms with van der Waals surface area (Å²) in [6, 6.07) is 10.2. The van der Waals surface area contributed by atoms with Crippen LogP contribution in [0.15, 0.2) is 48.7 Å². The zero-order valence-electron chi connectivity index (χ0n) is 19.6. The molecular formula is C26H32FN3O3. The molecule has 0 atom stereocenters. The summed E-state index contributed by atoms with van der Waals surface area (Å²) in [6.45, 7) is 11.5. The number of methoxy groups -OCH3 is 1. The van der Waals surface area contributed by atoms with Crippen molar-refractivity contribution in [2.45, 2.75) is 38.1 Å². The van der Waals surface area contributed by atoms with Gasteiger partial charge in [-0.25, -0.2) is 9.18 Å². The minimum atomic E-state index is -0.454. The third kappa shape index (κ3) is 4.69. The molecule has 2 aliphatic heterocycles. The number of likely N-dealkylation sites (tertiary alicyclic amines) is 1. The van der Waals surface area contributed by atoms with Crippen LogP contribution in [0.3, 0.4) is 0 Å². The van der Waals surface area contributed by atoms with Crippen molar-refractivity contribution in [3.05, 3.63) is 65.6 Å².